The summed E-state index contributed by atoms with van der Waals surface area (Å²) in [6.45, 7) is 1.95. The number of hydrogen-bond acceptors (Lipinski definition) is 1. The maximum absolute atomic E-state index is 8.75. The molecule has 0 bridgehead atoms. The maximum atomic E-state index is 8.75. The van der Waals surface area contributed by atoms with Crippen molar-refractivity contribution in [3.05, 3.63) is 35.5 Å². The summed E-state index contributed by atoms with van der Waals surface area (Å²) in [6, 6.07) is 8.06. The average Bonchev–Trinajstić information content (AvgIpc) is 2.49. The lowest BCUT2D eigenvalue weighted by Gasteiger charge is -1.96. The number of hydrogen-bond donors (Lipinski definition) is 1. The van der Waals surface area contributed by atoms with Gasteiger partial charge in [-0.1, -0.05) is 0 Å². The first-order chi connectivity index (χ1) is 5.81. The maximum Gasteiger partial charge on any atom is 0.0995 e. The lowest BCUT2D eigenvalue weighted by molar-refractivity contribution is 1.40. The third kappa shape index (κ3) is 0.876. The Labute approximate surface area is 70.4 Å². The molecular weight excluding hydrogens is 148 g/mol. The van der Waals surface area contributed by atoms with Gasteiger partial charge in [0, 0.05) is 11.7 Å². The molecule has 0 aliphatic rings. The van der Waals surface area contributed by atoms with Crippen LogP contribution in [0.25, 0.3) is 10.9 Å². The van der Waals surface area contributed by atoms with Crippen LogP contribution in [0.3, 0.4) is 0 Å². The third-order valence-corrected chi connectivity index (χ3v) is 2.02. The van der Waals surface area contributed by atoms with E-state index in [1.165, 1.54) is 0 Å². The van der Waals surface area contributed by atoms with Crippen LogP contribution < -0.4 is 0 Å². The lowest BCUT2D eigenvalue weighted by Crippen LogP contribution is -1.80. The molecule has 2 rings (SSSR count). The highest BCUT2D eigenvalue weighted by molar-refractivity contribution is 5.81. The van der Waals surface area contributed by atoms with Crippen molar-refractivity contribution in [3.63, 3.8) is 0 Å². The smallest absolute Gasteiger partial charge is 0.0995 e. The monoisotopic (exact) mass is 156 g/mol. The molecule has 1 aromatic carbocycles. The van der Waals surface area contributed by atoms with E-state index in [1.54, 1.807) is 0 Å². The van der Waals surface area contributed by atoms with Crippen molar-refractivity contribution in [2.24, 2.45) is 0 Å². The standard InChI is InChI=1S/C10H8N2/c1-7-4-8-2-3-12-10(8)5-9(7)6-11/h2-5,12H,1H3. The number of nitrogens with zero attached hydrogens (tertiary/aromatic N) is 1. The molecule has 1 aromatic heterocycles. The number of aromatic nitrogens is 1. The van der Waals surface area contributed by atoms with E-state index in [0.717, 1.165) is 22.0 Å². The molecule has 0 amide bonds. The van der Waals surface area contributed by atoms with Crippen molar-refractivity contribution < 1.29 is 0 Å². The largest absolute Gasteiger partial charge is 0.361 e. The number of benzene rings is 1. The number of aromatic amines is 1. The first-order valence-corrected chi connectivity index (χ1v) is 3.79. The topological polar surface area (TPSA) is 39.6 Å². The van der Waals surface area contributed by atoms with E-state index in [1.807, 2.05) is 31.3 Å². The van der Waals surface area contributed by atoms with Gasteiger partial charge in [-0.3, -0.25) is 0 Å². The van der Waals surface area contributed by atoms with Crippen LogP contribution in [0.15, 0.2) is 24.4 Å². The fourth-order valence-electron chi connectivity index (χ4n) is 1.33. The molecule has 2 heteroatoms. The van der Waals surface area contributed by atoms with Crippen molar-refractivity contribution in [1.29, 1.82) is 5.26 Å². The fourth-order valence-corrected chi connectivity index (χ4v) is 1.33. The normalized spacial score (nSPS) is 10.0. The van der Waals surface area contributed by atoms with Crippen LogP contribution in [0.4, 0.5) is 0 Å². The van der Waals surface area contributed by atoms with Gasteiger partial charge in [-0.05, 0) is 36.1 Å². The highest BCUT2D eigenvalue weighted by Gasteiger charge is 1.99. The Morgan fingerprint density at radius 1 is 1.42 bits per heavy atom. The molecule has 2 aromatic rings. The highest BCUT2D eigenvalue weighted by Crippen LogP contribution is 2.17. The van der Waals surface area contributed by atoms with Gasteiger partial charge >= 0.3 is 0 Å². The molecule has 2 nitrogen and oxygen atoms in total. The first-order valence-electron chi connectivity index (χ1n) is 3.79. The summed E-state index contributed by atoms with van der Waals surface area (Å²) in [7, 11) is 0. The summed E-state index contributed by atoms with van der Waals surface area (Å²) in [6.07, 6.45) is 1.88. The SMILES string of the molecule is Cc1cc2cc[nH]c2cc1C#N. The molecule has 0 aliphatic heterocycles. The summed E-state index contributed by atoms with van der Waals surface area (Å²) in [5.41, 5.74) is 2.80. The quantitative estimate of drug-likeness (QED) is 0.624. The second kappa shape index (κ2) is 2.38. The molecule has 0 saturated carbocycles. The van der Waals surface area contributed by atoms with Gasteiger partial charge in [-0.2, -0.15) is 5.26 Å². The zero-order chi connectivity index (χ0) is 8.55. The van der Waals surface area contributed by atoms with Crippen molar-refractivity contribution in [2.45, 2.75) is 6.92 Å². The van der Waals surface area contributed by atoms with Crippen molar-refractivity contribution >= 4 is 10.9 Å². The van der Waals surface area contributed by atoms with Gasteiger partial charge in [0.2, 0.25) is 0 Å². The Bertz CT molecular complexity index is 460. The Morgan fingerprint density at radius 3 is 3.00 bits per heavy atom. The highest BCUT2D eigenvalue weighted by atomic mass is 14.7. The van der Waals surface area contributed by atoms with E-state index in [2.05, 4.69) is 11.1 Å². The average molecular weight is 156 g/mol. The number of rotatable bonds is 0. The molecule has 0 saturated heterocycles. The minimum atomic E-state index is 0.741. The van der Waals surface area contributed by atoms with Gasteiger partial charge in [0.25, 0.3) is 0 Å². The minimum Gasteiger partial charge on any atom is -0.361 e. The summed E-state index contributed by atoms with van der Waals surface area (Å²) < 4.78 is 0. The van der Waals surface area contributed by atoms with Gasteiger partial charge in [0.05, 0.1) is 11.6 Å². The molecule has 0 radical (unpaired) electrons. The fraction of sp³-hybridized carbons (Fsp3) is 0.100. The Kier molecular flexibility index (Phi) is 1.38. The molecule has 1 N–H and O–H groups in total. The number of nitriles is 1. The summed E-state index contributed by atoms with van der Waals surface area (Å²) in [5.74, 6) is 0. The number of aryl methyl sites for hydroxylation is 1. The van der Waals surface area contributed by atoms with Crippen LogP contribution in [0.2, 0.25) is 0 Å². The van der Waals surface area contributed by atoms with Crippen LogP contribution >= 0.6 is 0 Å². The van der Waals surface area contributed by atoms with E-state index in [9.17, 15) is 0 Å². The van der Waals surface area contributed by atoms with E-state index in [-0.39, 0.29) is 0 Å². The lowest BCUT2D eigenvalue weighted by atomic mass is 10.1. The van der Waals surface area contributed by atoms with E-state index in [4.69, 9.17) is 5.26 Å². The van der Waals surface area contributed by atoms with Gasteiger partial charge in [0.15, 0.2) is 0 Å². The zero-order valence-electron chi connectivity index (χ0n) is 6.76. The van der Waals surface area contributed by atoms with Crippen molar-refractivity contribution in [3.8, 4) is 6.07 Å². The van der Waals surface area contributed by atoms with Crippen molar-refractivity contribution in [1.82, 2.24) is 4.98 Å². The van der Waals surface area contributed by atoms with Gasteiger partial charge in [-0.15, -0.1) is 0 Å². The molecule has 12 heavy (non-hydrogen) atoms. The first kappa shape index (κ1) is 6.93. The molecule has 0 fully saturated rings. The van der Waals surface area contributed by atoms with E-state index < -0.39 is 0 Å². The molecule has 0 atom stereocenters. The number of fused-ring (bicyclic) bond motifs is 1. The molecule has 0 unspecified atom stereocenters. The van der Waals surface area contributed by atoms with Crippen LogP contribution in [0.1, 0.15) is 11.1 Å². The zero-order valence-corrected chi connectivity index (χ0v) is 6.76. The predicted molar refractivity (Wildman–Crippen MR) is 47.8 cm³/mol. The van der Waals surface area contributed by atoms with Crippen LogP contribution in [0.5, 0.6) is 0 Å². The molecular formula is C10H8N2. The Hall–Kier alpha value is -1.75. The van der Waals surface area contributed by atoms with E-state index >= 15 is 0 Å². The molecule has 1 heterocycles. The molecule has 0 aliphatic carbocycles. The number of nitrogens with one attached hydrogen (secondary N) is 1. The molecule has 58 valence electrons. The van der Waals surface area contributed by atoms with Gasteiger partial charge in [-0.25, -0.2) is 0 Å². The second-order valence-corrected chi connectivity index (χ2v) is 2.84. The number of H-pyrrole nitrogens is 1. The predicted octanol–water partition coefficient (Wildman–Crippen LogP) is 2.35. The van der Waals surface area contributed by atoms with E-state index in [0.29, 0.717) is 0 Å². The Balaban J connectivity index is 2.84. The summed E-state index contributed by atoms with van der Waals surface area (Å²) in [5, 5.41) is 9.91. The van der Waals surface area contributed by atoms with Crippen LogP contribution in [-0.2, 0) is 0 Å². The van der Waals surface area contributed by atoms with Crippen LogP contribution in [0, 0.1) is 18.3 Å². The second-order valence-electron chi connectivity index (χ2n) is 2.84. The van der Waals surface area contributed by atoms with Gasteiger partial charge in [0.1, 0.15) is 0 Å². The molecule has 0 spiro atoms. The van der Waals surface area contributed by atoms with Crippen molar-refractivity contribution in [2.75, 3.05) is 0 Å². The Morgan fingerprint density at radius 2 is 2.25 bits per heavy atom. The minimum absolute atomic E-state index is 0.741. The van der Waals surface area contributed by atoms with Gasteiger partial charge < -0.3 is 4.98 Å². The van der Waals surface area contributed by atoms with Crippen LogP contribution in [-0.4, -0.2) is 4.98 Å². The summed E-state index contributed by atoms with van der Waals surface area (Å²) >= 11 is 0. The summed E-state index contributed by atoms with van der Waals surface area (Å²) in [4.78, 5) is 3.07. The third-order valence-electron chi connectivity index (χ3n) is 2.02.